The summed E-state index contributed by atoms with van der Waals surface area (Å²) in [4.78, 5) is 14.4. The zero-order valence-electron chi connectivity index (χ0n) is 6.14. The predicted octanol–water partition coefficient (Wildman–Crippen LogP) is 0.124. The number of hydrogen-bond donors (Lipinski definition) is 1. The topological polar surface area (TPSA) is 73.3 Å². The Kier molecular flexibility index (Phi) is 1.30. The number of hydrogen-bond acceptors (Lipinski definition) is 4. The summed E-state index contributed by atoms with van der Waals surface area (Å²) in [6.07, 6.45) is 0.709. The number of aldehydes is 1. The van der Waals surface area contributed by atoms with Crippen LogP contribution in [-0.2, 0) is 0 Å². The number of rotatable bonds is 1. The van der Waals surface area contributed by atoms with Gasteiger partial charge in [-0.3, -0.25) is 4.79 Å². The number of anilines is 1. The highest BCUT2D eigenvalue weighted by Gasteiger charge is 2.02. The Balaban J connectivity index is 2.86. The van der Waals surface area contributed by atoms with Crippen molar-refractivity contribution in [2.45, 2.75) is 0 Å². The molecule has 0 aliphatic rings. The van der Waals surface area contributed by atoms with Gasteiger partial charge in [0.15, 0.2) is 11.9 Å². The van der Waals surface area contributed by atoms with Gasteiger partial charge in [0.1, 0.15) is 5.69 Å². The Bertz CT molecular complexity index is 434. The Labute approximate surface area is 67.8 Å². The van der Waals surface area contributed by atoms with Gasteiger partial charge in [-0.2, -0.15) is 4.98 Å². The lowest BCUT2D eigenvalue weighted by Gasteiger charge is -1.92. The minimum Gasteiger partial charge on any atom is -0.366 e. The zero-order valence-corrected chi connectivity index (χ0v) is 6.14. The second-order valence-corrected chi connectivity index (χ2v) is 2.31. The van der Waals surface area contributed by atoms with Crippen LogP contribution in [0.2, 0.25) is 0 Å². The molecule has 0 aliphatic carbocycles. The summed E-state index contributed by atoms with van der Waals surface area (Å²) in [7, 11) is 0. The molecule has 2 rings (SSSR count). The van der Waals surface area contributed by atoms with Crippen molar-refractivity contribution in [1.82, 2.24) is 14.6 Å². The smallest absolute Gasteiger partial charge is 0.240 e. The van der Waals surface area contributed by atoms with Crippen LogP contribution in [0.15, 0.2) is 18.2 Å². The van der Waals surface area contributed by atoms with Gasteiger partial charge in [-0.05, 0) is 12.1 Å². The number of nitrogen functional groups attached to an aromatic ring is 1. The van der Waals surface area contributed by atoms with E-state index in [0.29, 0.717) is 17.6 Å². The van der Waals surface area contributed by atoms with Crippen molar-refractivity contribution >= 4 is 17.9 Å². The van der Waals surface area contributed by atoms with E-state index in [1.54, 1.807) is 18.2 Å². The fraction of sp³-hybridized carbons (Fsp3) is 0. The van der Waals surface area contributed by atoms with E-state index in [2.05, 4.69) is 10.1 Å². The Morgan fingerprint density at radius 2 is 2.33 bits per heavy atom. The number of aromatic nitrogens is 3. The molecule has 0 saturated carbocycles. The van der Waals surface area contributed by atoms with E-state index in [4.69, 9.17) is 5.73 Å². The summed E-state index contributed by atoms with van der Waals surface area (Å²) < 4.78 is 1.41. The summed E-state index contributed by atoms with van der Waals surface area (Å²) >= 11 is 0. The maximum absolute atomic E-state index is 10.5. The van der Waals surface area contributed by atoms with E-state index in [1.807, 2.05) is 0 Å². The predicted molar refractivity (Wildman–Crippen MR) is 42.8 cm³/mol. The van der Waals surface area contributed by atoms with Crippen LogP contribution in [-0.4, -0.2) is 20.9 Å². The molecule has 2 heterocycles. The molecule has 2 N–H and O–H groups in total. The average Bonchev–Trinajstić information content (AvgIpc) is 2.44. The van der Waals surface area contributed by atoms with Crippen molar-refractivity contribution in [2.24, 2.45) is 0 Å². The van der Waals surface area contributed by atoms with E-state index in [9.17, 15) is 4.79 Å². The Morgan fingerprint density at radius 3 is 3.08 bits per heavy atom. The van der Waals surface area contributed by atoms with E-state index in [0.717, 1.165) is 0 Å². The van der Waals surface area contributed by atoms with Gasteiger partial charge in [-0.25, -0.2) is 4.52 Å². The summed E-state index contributed by atoms with van der Waals surface area (Å²) in [5.41, 5.74) is 6.38. The highest BCUT2D eigenvalue weighted by Crippen LogP contribution is 2.04. The first-order chi connectivity index (χ1) is 5.81. The van der Waals surface area contributed by atoms with Gasteiger partial charge < -0.3 is 5.73 Å². The Hall–Kier alpha value is -1.91. The first kappa shape index (κ1) is 6.78. The minimum atomic E-state index is 0.171. The molecule has 0 spiro atoms. The summed E-state index contributed by atoms with van der Waals surface area (Å²) in [6, 6.07) is 5.11. The maximum atomic E-state index is 10.5. The molecule has 0 amide bonds. The highest BCUT2D eigenvalue weighted by molar-refractivity contribution is 5.73. The average molecular weight is 162 g/mol. The second-order valence-electron chi connectivity index (χ2n) is 2.31. The van der Waals surface area contributed by atoms with Crippen LogP contribution >= 0.6 is 0 Å². The SMILES string of the molecule is Nc1nc2cccc(C=O)n2n1. The molecular weight excluding hydrogens is 156 g/mol. The lowest BCUT2D eigenvalue weighted by molar-refractivity contribution is 0.111. The fourth-order valence-electron chi connectivity index (χ4n) is 1.03. The third-order valence-electron chi connectivity index (χ3n) is 1.53. The molecule has 0 atom stereocenters. The zero-order chi connectivity index (χ0) is 8.55. The molecule has 60 valence electrons. The van der Waals surface area contributed by atoms with E-state index in [1.165, 1.54) is 4.52 Å². The van der Waals surface area contributed by atoms with Crippen molar-refractivity contribution in [3.8, 4) is 0 Å². The number of carbonyl (C=O) groups is 1. The van der Waals surface area contributed by atoms with Crippen molar-refractivity contribution in [1.29, 1.82) is 0 Å². The first-order valence-electron chi connectivity index (χ1n) is 3.38. The maximum Gasteiger partial charge on any atom is 0.240 e. The lowest BCUT2D eigenvalue weighted by Crippen LogP contribution is -1.96. The largest absolute Gasteiger partial charge is 0.366 e. The Morgan fingerprint density at radius 1 is 1.50 bits per heavy atom. The molecule has 0 bridgehead atoms. The molecule has 0 unspecified atom stereocenters. The normalized spacial score (nSPS) is 10.3. The van der Waals surface area contributed by atoms with Crippen molar-refractivity contribution in [2.75, 3.05) is 5.73 Å². The molecule has 0 saturated heterocycles. The molecule has 2 aromatic rings. The molecule has 2 aromatic heterocycles. The number of pyridine rings is 1. The van der Waals surface area contributed by atoms with Crippen molar-refractivity contribution in [3.05, 3.63) is 23.9 Å². The van der Waals surface area contributed by atoms with Gasteiger partial charge in [0.05, 0.1) is 0 Å². The first-order valence-corrected chi connectivity index (χ1v) is 3.38. The van der Waals surface area contributed by atoms with Gasteiger partial charge >= 0.3 is 0 Å². The number of nitrogens with zero attached hydrogens (tertiary/aromatic N) is 3. The van der Waals surface area contributed by atoms with Crippen LogP contribution in [0.1, 0.15) is 10.5 Å². The molecular formula is C7H6N4O. The van der Waals surface area contributed by atoms with Gasteiger partial charge in [0, 0.05) is 0 Å². The summed E-state index contributed by atoms with van der Waals surface area (Å²) in [6.45, 7) is 0. The van der Waals surface area contributed by atoms with Crippen LogP contribution in [0.25, 0.3) is 5.65 Å². The van der Waals surface area contributed by atoms with Gasteiger partial charge in [0.2, 0.25) is 5.95 Å². The number of carbonyl (C=O) groups excluding carboxylic acids is 1. The number of fused-ring (bicyclic) bond motifs is 1. The fourth-order valence-corrected chi connectivity index (χ4v) is 1.03. The van der Waals surface area contributed by atoms with Gasteiger partial charge in [-0.15, -0.1) is 5.10 Å². The van der Waals surface area contributed by atoms with Crippen LogP contribution in [0, 0.1) is 0 Å². The van der Waals surface area contributed by atoms with E-state index >= 15 is 0 Å². The van der Waals surface area contributed by atoms with E-state index < -0.39 is 0 Å². The van der Waals surface area contributed by atoms with Crippen LogP contribution in [0.3, 0.4) is 0 Å². The molecule has 0 aromatic carbocycles. The second kappa shape index (κ2) is 2.30. The quantitative estimate of drug-likeness (QED) is 0.604. The third kappa shape index (κ3) is 0.833. The molecule has 5 nitrogen and oxygen atoms in total. The highest BCUT2D eigenvalue weighted by atomic mass is 16.1. The van der Waals surface area contributed by atoms with Crippen LogP contribution in [0.4, 0.5) is 5.95 Å². The lowest BCUT2D eigenvalue weighted by atomic mass is 10.4. The standard InChI is InChI=1S/C7H6N4O/c8-7-9-6-3-1-2-5(4-12)11(6)10-7/h1-4H,(H2,8,10). The molecule has 0 fully saturated rings. The van der Waals surface area contributed by atoms with Crippen molar-refractivity contribution in [3.63, 3.8) is 0 Å². The van der Waals surface area contributed by atoms with Crippen LogP contribution < -0.4 is 5.73 Å². The third-order valence-corrected chi connectivity index (χ3v) is 1.53. The number of nitrogens with two attached hydrogens (primary N) is 1. The molecule has 0 radical (unpaired) electrons. The van der Waals surface area contributed by atoms with Gasteiger partial charge in [-0.1, -0.05) is 6.07 Å². The van der Waals surface area contributed by atoms with E-state index in [-0.39, 0.29) is 5.95 Å². The monoisotopic (exact) mass is 162 g/mol. The summed E-state index contributed by atoms with van der Waals surface area (Å²) in [5, 5.41) is 3.84. The summed E-state index contributed by atoms with van der Waals surface area (Å²) in [5.74, 6) is 0.171. The van der Waals surface area contributed by atoms with Gasteiger partial charge in [0.25, 0.3) is 0 Å². The molecule has 12 heavy (non-hydrogen) atoms. The minimum absolute atomic E-state index is 0.171. The van der Waals surface area contributed by atoms with Crippen molar-refractivity contribution < 1.29 is 4.79 Å². The molecule has 5 heteroatoms. The molecule has 0 aliphatic heterocycles. The van der Waals surface area contributed by atoms with Crippen LogP contribution in [0.5, 0.6) is 0 Å².